The van der Waals surface area contributed by atoms with Gasteiger partial charge in [-0.05, 0) is 32.1 Å². The maximum absolute atomic E-state index is 5.38. The van der Waals surface area contributed by atoms with Gasteiger partial charge in [0, 0.05) is 5.70 Å². The number of nitrogens with two attached hydrogens (primary N) is 1. The third-order valence-corrected chi connectivity index (χ3v) is 1.62. The van der Waals surface area contributed by atoms with Crippen molar-refractivity contribution in [2.75, 3.05) is 0 Å². The second-order valence-corrected chi connectivity index (χ2v) is 3.49. The molecule has 2 N–H and O–H groups in total. The van der Waals surface area contributed by atoms with Gasteiger partial charge < -0.3 is 5.73 Å². The van der Waals surface area contributed by atoms with Crippen molar-refractivity contribution < 1.29 is 0 Å². The summed E-state index contributed by atoms with van der Waals surface area (Å²) in [6.45, 7) is 18.8. The Morgan fingerprint density at radius 3 is 1.95 bits per heavy atom. The normalized spacial score (nSPS) is 11.7. The molecule has 0 aromatic heterocycles. The molecule has 0 saturated heterocycles. The van der Waals surface area contributed by atoms with Crippen molar-refractivity contribution in [1.82, 2.24) is 0 Å². The van der Waals surface area contributed by atoms with E-state index >= 15 is 0 Å². The number of hydrogen-bond acceptors (Lipinski definition) is 3. The van der Waals surface area contributed by atoms with Crippen LogP contribution in [0.1, 0.15) is 27.7 Å². The molecule has 0 aliphatic heterocycles. The molecule has 0 amide bonds. The number of azo groups is 1. The summed E-state index contributed by atoms with van der Waals surface area (Å²) in [4.78, 5) is 0. The lowest BCUT2D eigenvalue weighted by molar-refractivity contribution is 1.12. The van der Waals surface area contributed by atoms with Gasteiger partial charge in [-0.3, -0.25) is 0 Å². The van der Waals surface area contributed by atoms with Gasteiger partial charge in [-0.1, -0.05) is 51.3 Å². The smallest absolute Gasteiger partial charge is 0.0814 e. The van der Waals surface area contributed by atoms with E-state index in [1.165, 1.54) is 0 Å². The summed E-state index contributed by atoms with van der Waals surface area (Å²) in [6, 6.07) is 0. The summed E-state index contributed by atoms with van der Waals surface area (Å²) < 4.78 is 0. The van der Waals surface area contributed by atoms with Crippen LogP contribution in [-0.4, -0.2) is 0 Å². The van der Waals surface area contributed by atoms with E-state index in [4.69, 9.17) is 5.73 Å². The average molecular weight is 259 g/mol. The van der Waals surface area contributed by atoms with E-state index in [9.17, 15) is 0 Å². The predicted octanol–water partition coefficient (Wildman–Crippen LogP) is 5.04. The van der Waals surface area contributed by atoms with Crippen LogP contribution in [-0.2, 0) is 0 Å². The van der Waals surface area contributed by atoms with Crippen LogP contribution < -0.4 is 5.73 Å². The molecule has 0 aromatic rings. The van der Waals surface area contributed by atoms with Gasteiger partial charge in [0.15, 0.2) is 0 Å². The van der Waals surface area contributed by atoms with Crippen molar-refractivity contribution >= 4 is 0 Å². The van der Waals surface area contributed by atoms with Gasteiger partial charge in [0.1, 0.15) is 0 Å². The number of rotatable bonds is 6. The molecular weight excluding hydrogens is 234 g/mol. The lowest BCUT2D eigenvalue weighted by Gasteiger charge is -1.92. The van der Waals surface area contributed by atoms with E-state index in [-0.39, 0.29) is 0 Å². The molecule has 0 heterocycles. The summed E-state index contributed by atoms with van der Waals surface area (Å²) in [6.07, 6.45) is 8.84. The molecule has 0 fully saturated rings. The van der Waals surface area contributed by atoms with Crippen molar-refractivity contribution in [3.63, 3.8) is 0 Å². The van der Waals surface area contributed by atoms with Crippen molar-refractivity contribution in [2.24, 2.45) is 16.0 Å². The van der Waals surface area contributed by atoms with E-state index in [1.807, 2.05) is 45.9 Å². The molecule has 0 rings (SSSR count). The minimum atomic E-state index is 0.454. The van der Waals surface area contributed by atoms with Crippen molar-refractivity contribution in [2.45, 2.75) is 27.7 Å². The van der Waals surface area contributed by atoms with Crippen LogP contribution in [0.15, 0.2) is 83.0 Å². The van der Waals surface area contributed by atoms with Crippen LogP contribution >= 0.6 is 0 Å². The molecule has 0 aliphatic rings. The molecule has 0 atom stereocenters. The molecule has 104 valence electrons. The molecule has 0 spiro atoms. The standard InChI is InChI=1S/C14H19N3.C2H6/c1-6-14(10-7-11(2)3)17-16-13(5)9-8-12(4)15;1-2/h6-10H,2,4-5,15H2,1,3H3;1-2H3/b9-8-,10-7-,14-6+,17-16?;. The SMILES string of the molecule is C=C(C)/C=C\C(=C/C)N=NC(=C)/C=C\C(=C)N.CC. The fraction of sp³-hybridized carbons (Fsp3) is 0.250. The molecule has 0 unspecified atom stereocenters. The molecule has 3 heteroatoms. The number of hydrogen-bond donors (Lipinski definition) is 1. The number of allylic oxidation sites excluding steroid dienone is 6. The van der Waals surface area contributed by atoms with E-state index in [0.29, 0.717) is 11.4 Å². The molecule has 0 saturated carbocycles. The van der Waals surface area contributed by atoms with Crippen LogP contribution in [0.5, 0.6) is 0 Å². The maximum atomic E-state index is 5.38. The Bertz CT molecular complexity index is 421. The first-order chi connectivity index (χ1) is 8.95. The van der Waals surface area contributed by atoms with E-state index < -0.39 is 0 Å². The first-order valence-corrected chi connectivity index (χ1v) is 6.18. The summed E-state index contributed by atoms with van der Waals surface area (Å²) in [5.74, 6) is 0. The summed E-state index contributed by atoms with van der Waals surface area (Å²) in [5, 5.41) is 7.97. The largest absolute Gasteiger partial charge is 0.399 e. The minimum absolute atomic E-state index is 0.454. The lowest BCUT2D eigenvalue weighted by Crippen LogP contribution is -1.88. The van der Waals surface area contributed by atoms with Gasteiger partial charge in [-0.2, -0.15) is 10.2 Å². The Morgan fingerprint density at radius 2 is 1.53 bits per heavy atom. The highest BCUT2D eigenvalue weighted by Crippen LogP contribution is 2.06. The van der Waals surface area contributed by atoms with E-state index in [2.05, 4.69) is 30.0 Å². The van der Waals surface area contributed by atoms with Crippen LogP contribution in [0.3, 0.4) is 0 Å². The van der Waals surface area contributed by atoms with Gasteiger partial charge in [0.25, 0.3) is 0 Å². The Kier molecular flexibility index (Phi) is 12.4. The van der Waals surface area contributed by atoms with Gasteiger partial charge in [-0.15, -0.1) is 0 Å². The average Bonchev–Trinajstić information content (AvgIpc) is 2.38. The Labute approximate surface area is 117 Å². The van der Waals surface area contributed by atoms with Crippen LogP contribution in [0, 0.1) is 0 Å². The fourth-order valence-electron chi connectivity index (χ4n) is 0.773. The van der Waals surface area contributed by atoms with Crippen molar-refractivity contribution in [3.8, 4) is 0 Å². The molecule has 0 radical (unpaired) electrons. The molecule has 3 nitrogen and oxygen atoms in total. The zero-order valence-electron chi connectivity index (χ0n) is 12.5. The van der Waals surface area contributed by atoms with Crippen molar-refractivity contribution in [3.05, 3.63) is 72.8 Å². The quantitative estimate of drug-likeness (QED) is 0.527. The Balaban J connectivity index is 0. The minimum Gasteiger partial charge on any atom is -0.399 e. The second kappa shape index (κ2) is 12.3. The zero-order chi connectivity index (χ0) is 15.3. The highest BCUT2D eigenvalue weighted by Gasteiger charge is 1.87. The summed E-state index contributed by atoms with van der Waals surface area (Å²) in [5.41, 5.74) is 8.04. The Hall–Kier alpha value is -2.16. The topological polar surface area (TPSA) is 50.7 Å². The molecule has 19 heavy (non-hydrogen) atoms. The second-order valence-electron chi connectivity index (χ2n) is 3.49. The third kappa shape index (κ3) is 13.8. The third-order valence-electron chi connectivity index (χ3n) is 1.62. The molecular formula is C16H25N3. The van der Waals surface area contributed by atoms with Gasteiger partial charge >= 0.3 is 0 Å². The first-order valence-electron chi connectivity index (χ1n) is 6.18. The molecule has 0 aliphatic carbocycles. The van der Waals surface area contributed by atoms with Crippen LogP contribution in [0.2, 0.25) is 0 Å². The zero-order valence-corrected chi connectivity index (χ0v) is 12.5. The Morgan fingerprint density at radius 1 is 0.947 bits per heavy atom. The van der Waals surface area contributed by atoms with Crippen LogP contribution in [0.25, 0.3) is 0 Å². The lowest BCUT2D eigenvalue weighted by atomic mass is 10.3. The van der Waals surface area contributed by atoms with Crippen molar-refractivity contribution in [1.29, 1.82) is 0 Å². The van der Waals surface area contributed by atoms with Crippen LogP contribution in [0.4, 0.5) is 0 Å². The van der Waals surface area contributed by atoms with Gasteiger partial charge in [0.2, 0.25) is 0 Å². The molecule has 0 bridgehead atoms. The fourth-order valence-corrected chi connectivity index (χ4v) is 0.773. The first kappa shape index (κ1) is 19.2. The van der Waals surface area contributed by atoms with E-state index in [0.717, 1.165) is 11.3 Å². The highest BCUT2D eigenvalue weighted by atomic mass is 15.1. The number of nitrogens with zero attached hydrogens (tertiary/aromatic N) is 2. The van der Waals surface area contributed by atoms with Gasteiger partial charge in [-0.25, -0.2) is 0 Å². The van der Waals surface area contributed by atoms with Gasteiger partial charge in [0.05, 0.1) is 11.4 Å². The summed E-state index contributed by atoms with van der Waals surface area (Å²) >= 11 is 0. The maximum Gasteiger partial charge on any atom is 0.0814 e. The monoisotopic (exact) mass is 259 g/mol. The van der Waals surface area contributed by atoms with E-state index in [1.54, 1.807) is 12.2 Å². The molecule has 0 aromatic carbocycles. The highest BCUT2D eigenvalue weighted by molar-refractivity contribution is 5.25. The summed E-state index contributed by atoms with van der Waals surface area (Å²) in [7, 11) is 0. The predicted molar refractivity (Wildman–Crippen MR) is 85.5 cm³/mol.